The third-order valence-electron chi connectivity index (χ3n) is 4.14. The average Bonchev–Trinajstić information content (AvgIpc) is 2.45. The number of benzene rings is 1. The Bertz CT molecular complexity index is 499. The zero-order valence-electron chi connectivity index (χ0n) is 11.7. The summed E-state index contributed by atoms with van der Waals surface area (Å²) < 4.78 is 37.7. The molecular formula is C15H18F3NO2. The monoisotopic (exact) mass is 301 g/mol. The van der Waals surface area contributed by atoms with Gasteiger partial charge in [0.05, 0.1) is 11.5 Å². The van der Waals surface area contributed by atoms with Crippen LogP contribution >= 0.6 is 0 Å². The lowest BCUT2D eigenvalue weighted by atomic mass is 9.78. The molecule has 3 unspecified atom stereocenters. The molecule has 2 N–H and O–H groups in total. The number of hydrogen-bond donors (Lipinski definition) is 2. The predicted octanol–water partition coefficient (Wildman–Crippen LogP) is 3.47. The van der Waals surface area contributed by atoms with E-state index >= 15 is 0 Å². The number of carboxylic acids is 1. The molecule has 1 aromatic carbocycles. The van der Waals surface area contributed by atoms with E-state index in [1.54, 1.807) is 6.92 Å². The molecule has 0 radical (unpaired) electrons. The van der Waals surface area contributed by atoms with E-state index in [2.05, 4.69) is 5.32 Å². The molecule has 1 aliphatic heterocycles. The Morgan fingerprint density at radius 2 is 1.95 bits per heavy atom. The van der Waals surface area contributed by atoms with Crippen LogP contribution in [0, 0.1) is 11.8 Å². The Morgan fingerprint density at radius 1 is 1.33 bits per heavy atom. The highest BCUT2D eigenvalue weighted by Crippen LogP contribution is 2.36. The first-order chi connectivity index (χ1) is 9.80. The number of alkyl halides is 3. The molecule has 1 heterocycles. The van der Waals surface area contributed by atoms with E-state index in [0.29, 0.717) is 5.56 Å². The highest BCUT2D eigenvalue weighted by Gasteiger charge is 2.35. The van der Waals surface area contributed by atoms with Crippen molar-refractivity contribution in [1.29, 1.82) is 0 Å². The number of rotatable bonds is 3. The summed E-state index contributed by atoms with van der Waals surface area (Å²) in [6, 6.07) is 4.76. The fraction of sp³-hybridized carbons (Fsp3) is 0.533. The molecule has 3 nitrogen and oxygen atoms in total. The third-order valence-corrected chi connectivity index (χ3v) is 4.14. The van der Waals surface area contributed by atoms with Crippen molar-refractivity contribution < 1.29 is 23.1 Å². The van der Waals surface area contributed by atoms with Crippen LogP contribution in [0.25, 0.3) is 0 Å². The van der Waals surface area contributed by atoms with E-state index in [1.165, 1.54) is 12.1 Å². The van der Waals surface area contributed by atoms with Crippen molar-refractivity contribution in [1.82, 2.24) is 5.32 Å². The van der Waals surface area contributed by atoms with E-state index in [0.717, 1.165) is 31.5 Å². The van der Waals surface area contributed by atoms with Gasteiger partial charge in [-0.05, 0) is 43.0 Å². The average molecular weight is 301 g/mol. The van der Waals surface area contributed by atoms with Gasteiger partial charge in [-0.25, -0.2) is 0 Å². The van der Waals surface area contributed by atoms with Crippen molar-refractivity contribution in [3.05, 3.63) is 35.4 Å². The predicted molar refractivity (Wildman–Crippen MR) is 71.7 cm³/mol. The van der Waals surface area contributed by atoms with E-state index in [4.69, 9.17) is 0 Å². The minimum Gasteiger partial charge on any atom is -0.481 e. The molecule has 0 bridgehead atoms. The second-order valence-electron chi connectivity index (χ2n) is 5.48. The SMILES string of the molecule is CC(C(=O)O)C1CCCNC1c1ccc(C(F)(F)F)cc1. The molecule has 0 amide bonds. The van der Waals surface area contributed by atoms with Gasteiger partial charge in [0.15, 0.2) is 0 Å². The Hall–Kier alpha value is -1.56. The van der Waals surface area contributed by atoms with Gasteiger partial charge in [0.25, 0.3) is 0 Å². The molecule has 1 aromatic rings. The molecule has 3 atom stereocenters. The van der Waals surface area contributed by atoms with Crippen LogP contribution in [0.4, 0.5) is 13.2 Å². The lowest BCUT2D eigenvalue weighted by Crippen LogP contribution is -2.39. The van der Waals surface area contributed by atoms with E-state index in [9.17, 15) is 23.1 Å². The van der Waals surface area contributed by atoms with Crippen molar-refractivity contribution in [3.63, 3.8) is 0 Å². The van der Waals surface area contributed by atoms with Crippen molar-refractivity contribution in [2.45, 2.75) is 32.0 Å². The zero-order chi connectivity index (χ0) is 15.6. The van der Waals surface area contributed by atoms with Gasteiger partial charge in [0.2, 0.25) is 0 Å². The van der Waals surface area contributed by atoms with Gasteiger partial charge < -0.3 is 10.4 Å². The van der Waals surface area contributed by atoms with Gasteiger partial charge in [-0.15, -0.1) is 0 Å². The van der Waals surface area contributed by atoms with Crippen LogP contribution in [-0.4, -0.2) is 17.6 Å². The summed E-state index contributed by atoms with van der Waals surface area (Å²) >= 11 is 0. The van der Waals surface area contributed by atoms with Crippen LogP contribution in [0.3, 0.4) is 0 Å². The molecule has 1 aliphatic rings. The molecule has 1 saturated heterocycles. The van der Waals surface area contributed by atoms with Gasteiger partial charge in [-0.1, -0.05) is 19.1 Å². The fourth-order valence-corrected chi connectivity index (χ4v) is 2.88. The largest absolute Gasteiger partial charge is 0.481 e. The quantitative estimate of drug-likeness (QED) is 0.899. The summed E-state index contributed by atoms with van der Waals surface area (Å²) in [5, 5.41) is 12.4. The van der Waals surface area contributed by atoms with Crippen molar-refractivity contribution >= 4 is 5.97 Å². The molecule has 0 aromatic heterocycles. The third kappa shape index (κ3) is 3.56. The van der Waals surface area contributed by atoms with Crippen molar-refractivity contribution in [2.24, 2.45) is 11.8 Å². The van der Waals surface area contributed by atoms with Gasteiger partial charge in [-0.2, -0.15) is 13.2 Å². The molecule has 0 spiro atoms. The Morgan fingerprint density at radius 3 is 2.48 bits per heavy atom. The molecule has 1 fully saturated rings. The Balaban J connectivity index is 2.23. The first-order valence-corrected chi connectivity index (χ1v) is 6.94. The highest BCUT2D eigenvalue weighted by atomic mass is 19.4. The maximum absolute atomic E-state index is 12.6. The van der Waals surface area contributed by atoms with Gasteiger partial charge in [0, 0.05) is 6.04 Å². The number of carbonyl (C=O) groups is 1. The Labute approximate surface area is 121 Å². The van der Waals surface area contributed by atoms with Crippen LogP contribution in [0.1, 0.15) is 36.9 Å². The second-order valence-corrected chi connectivity index (χ2v) is 5.48. The van der Waals surface area contributed by atoms with E-state index in [-0.39, 0.29) is 12.0 Å². The van der Waals surface area contributed by atoms with Crippen molar-refractivity contribution in [3.8, 4) is 0 Å². The molecule has 0 saturated carbocycles. The normalized spacial score (nSPS) is 24.6. The smallest absolute Gasteiger partial charge is 0.416 e. The molecule has 6 heteroatoms. The second kappa shape index (κ2) is 6.05. The van der Waals surface area contributed by atoms with Crippen LogP contribution in [0.2, 0.25) is 0 Å². The van der Waals surface area contributed by atoms with Crippen LogP contribution in [-0.2, 0) is 11.0 Å². The minimum absolute atomic E-state index is 0.118. The van der Waals surface area contributed by atoms with Gasteiger partial charge in [0.1, 0.15) is 0 Å². The number of nitrogens with one attached hydrogen (secondary N) is 1. The first-order valence-electron chi connectivity index (χ1n) is 6.94. The van der Waals surface area contributed by atoms with Crippen LogP contribution < -0.4 is 5.32 Å². The summed E-state index contributed by atoms with van der Waals surface area (Å²) in [5.74, 6) is -1.53. The number of piperidine rings is 1. The minimum atomic E-state index is -4.35. The number of halogens is 3. The molecule has 21 heavy (non-hydrogen) atoms. The maximum Gasteiger partial charge on any atom is 0.416 e. The standard InChI is InChI=1S/C15H18F3NO2/c1-9(14(20)21)12-3-2-8-19-13(12)10-4-6-11(7-5-10)15(16,17)18/h4-7,9,12-13,19H,2-3,8H2,1H3,(H,20,21). The molecule has 0 aliphatic carbocycles. The number of carboxylic acid groups (broad SMARTS) is 1. The van der Waals surface area contributed by atoms with Crippen molar-refractivity contribution in [2.75, 3.05) is 6.54 Å². The Kier molecular flexibility index (Phi) is 4.56. The van der Waals surface area contributed by atoms with Gasteiger partial charge in [-0.3, -0.25) is 4.79 Å². The lowest BCUT2D eigenvalue weighted by molar-refractivity contribution is -0.143. The lowest BCUT2D eigenvalue weighted by Gasteiger charge is -2.35. The van der Waals surface area contributed by atoms with Crippen LogP contribution in [0.5, 0.6) is 0 Å². The fourth-order valence-electron chi connectivity index (χ4n) is 2.88. The summed E-state index contributed by atoms with van der Waals surface area (Å²) in [6.07, 6.45) is -2.72. The topological polar surface area (TPSA) is 49.3 Å². The summed E-state index contributed by atoms with van der Waals surface area (Å²) in [4.78, 5) is 11.2. The summed E-state index contributed by atoms with van der Waals surface area (Å²) in [6.45, 7) is 2.39. The van der Waals surface area contributed by atoms with E-state index < -0.39 is 23.6 Å². The number of hydrogen-bond acceptors (Lipinski definition) is 2. The number of aliphatic carboxylic acids is 1. The molecule has 116 valence electrons. The van der Waals surface area contributed by atoms with E-state index in [1.807, 2.05) is 0 Å². The highest BCUT2D eigenvalue weighted by molar-refractivity contribution is 5.70. The van der Waals surface area contributed by atoms with Crippen LogP contribution in [0.15, 0.2) is 24.3 Å². The summed E-state index contributed by atoms with van der Waals surface area (Å²) in [5.41, 5.74) is 0.0192. The first kappa shape index (κ1) is 15.8. The molecule has 2 rings (SSSR count). The zero-order valence-corrected chi connectivity index (χ0v) is 11.7. The maximum atomic E-state index is 12.6. The summed E-state index contributed by atoms with van der Waals surface area (Å²) in [7, 11) is 0. The van der Waals surface area contributed by atoms with Gasteiger partial charge >= 0.3 is 12.1 Å². The molecular weight excluding hydrogens is 283 g/mol.